The van der Waals surface area contributed by atoms with Crippen molar-refractivity contribution >= 4 is 23.3 Å². The minimum atomic E-state index is -4.48. The minimum absolute atomic E-state index is 0.00755. The fourth-order valence-corrected chi connectivity index (χ4v) is 8.85. The highest BCUT2D eigenvalue weighted by Crippen LogP contribution is 2.67. The molecule has 4 aliphatic carbocycles. The number of hydrogen-bond donors (Lipinski definition) is 2. The molecule has 0 saturated heterocycles. The molecule has 0 spiro atoms. The van der Waals surface area contributed by atoms with Gasteiger partial charge in [-0.2, -0.15) is 13.2 Å². The van der Waals surface area contributed by atoms with Crippen LogP contribution in [0.5, 0.6) is 0 Å². The predicted octanol–water partition coefficient (Wildman–Crippen LogP) is 5.00. The second kappa shape index (κ2) is 8.67. The first-order valence-corrected chi connectivity index (χ1v) is 13.6. The third-order valence-electron chi connectivity index (χ3n) is 9.92. The number of ketones is 2. The Morgan fingerprint density at radius 2 is 1.94 bits per heavy atom. The van der Waals surface area contributed by atoms with Gasteiger partial charge in [0.15, 0.2) is 11.6 Å². The smallest absolute Gasteiger partial charge is 0.393 e. The Morgan fingerprint density at radius 1 is 1.19 bits per heavy atom. The molecule has 1 heterocycles. The Labute approximate surface area is 212 Å². The molecule has 196 valence electrons. The third kappa shape index (κ3) is 3.88. The zero-order valence-corrected chi connectivity index (χ0v) is 21.3. The van der Waals surface area contributed by atoms with Crippen molar-refractivity contribution in [1.82, 2.24) is 4.98 Å². The number of carbonyl (C=O) groups is 2. The number of pyridine rings is 1. The lowest BCUT2D eigenvalue weighted by Crippen LogP contribution is -2.61. The van der Waals surface area contributed by atoms with Gasteiger partial charge in [-0.25, -0.2) is 4.98 Å². The van der Waals surface area contributed by atoms with Gasteiger partial charge in [0.05, 0.1) is 22.4 Å². The average Bonchev–Trinajstić information content (AvgIpc) is 3.08. The molecule has 0 bridgehead atoms. The van der Waals surface area contributed by atoms with Crippen molar-refractivity contribution in [2.24, 2.45) is 28.6 Å². The molecule has 0 amide bonds. The number of aliphatic hydroxyl groups is 2. The third-order valence-corrected chi connectivity index (χ3v) is 10.9. The van der Waals surface area contributed by atoms with Crippen molar-refractivity contribution in [3.05, 3.63) is 35.5 Å². The standard InChI is InChI=1S/C27H32F3NO4S/c1-24-9-7-17(32)11-15(24)3-5-18-19-8-10-26(35,25(19,2)12-20(33)23(18)24)21(34)14-36-22-6-4-16(13-31-22)27(28,29)30/h4,6,11,13,18-20,23,33,35H,3,5,7-10,12,14H2,1-2H3/t18?,19?,20-,23?,24?,25?,26-/m0/s1. The number of carbonyl (C=O) groups excluding carboxylic acids is 2. The molecule has 4 aliphatic rings. The number of nitrogens with zero attached hydrogens (tertiary/aromatic N) is 1. The van der Waals surface area contributed by atoms with Crippen molar-refractivity contribution < 1.29 is 33.0 Å². The van der Waals surface area contributed by atoms with Gasteiger partial charge in [-0.1, -0.05) is 31.2 Å². The molecule has 36 heavy (non-hydrogen) atoms. The largest absolute Gasteiger partial charge is 0.417 e. The van der Waals surface area contributed by atoms with Crippen molar-refractivity contribution in [3.63, 3.8) is 0 Å². The summed E-state index contributed by atoms with van der Waals surface area (Å²) in [7, 11) is 0. The van der Waals surface area contributed by atoms with Gasteiger partial charge < -0.3 is 10.2 Å². The van der Waals surface area contributed by atoms with Crippen molar-refractivity contribution in [2.75, 3.05) is 5.75 Å². The normalized spacial score (nSPS) is 40.2. The molecule has 9 heteroatoms. The number of aromatic nitrogens is 1. The fraction of sp³-hybridized carbons (Fsp3) is 0.667. The molecule has 1 aromatic heterocycles. The molecule has 7 atom stereocenters. The highest BCUT2D eigenvalue weighted by atomic mass is 32.2. The van der Waals surface area contributed by atoms with Crippen molar-refractivity contribution in [2.45, 2.75) is 81.7 Å². The molecule has 5 nitrogen and oxygen atoms in total. The molecular formula is C27H32F3NO4S. The summed E-state index contributed by atoms with van der Waals surface area (Å²) < 4.78 is 38.4. The molecule has 3 fully saturated rings. The molecule has 2 N–H and O–H groups in total. The van der Waals surface area contributed by atoms with Crippen LogP contribution in [0.15, 0.2) is 35.0 Å². The number of alkyl halides is 3. The van der Waals surface area contributed by atoms with E-state index in [1.165, 1.54) is 6.07 Å². The average molecular weight is 524 g/mol. The zero-order chi connectivity index (χ0) is 26.1. The number of thioether (sulfide) groups is 1. The van der Waals surface area contributed by atoms with Crippen LogP contribution in [0.4, 0.5) is 13.2 Å². The molecule has 5 unspecified atom stereocenters. The lowest BCUT2D eigenvalue weighted by molar-refractivity contribution is -0.178. The van der Waals surface area contributed by atoms with E-state index in [-0.39, 0.29) is 45.5 Å². The maximum Gasteiger partial charge on any atom is 0.417 e. The first-order valence-electron chi connectivity index (χ1n) is 12.6. The van der Waals surface area contributed by atoms with E-state index in [1.807, 2.05) is 6.92 Å². The summed E-state index contributed by atoms with van der Waals surface area (Å²) in [6.45, 7) is 4.08. The van der Waals surface area contributed by atoms with Crippen molar-refractivity contribution in [1.29, 1.82) is 0 Å². The summed E-state index contributed by atoms with van der Waals surface area (Å²) in [4.78, 5) is 29.3. The molecule has 0 aromatic carbocycles. The van der Waals surface area contributed by atoms with Gasteiger partial charge in [0, 0.05) is 18.0 Å². The van der Waals surface area contributed by atoms with Gasteiger partial charge in [0.1, 0.15) is 5.60 Å². The summed E-state index contributed by atoms with van der Waals surface area (Å²) in [5, 5.41) is 23.5. The van der Waals surface area contributed by atoms with Crippen LogP contribution in [0.2, 0.25) is 0 Å². The lowest BCUT2D eigenvalue weighted by Gasteiger charge is -2.60. The van der Waals surface area contributed by atoms with Gasteiger partial charge in [-0.05, 0) is 79.9 Å². The maximum absolute atomic E-state index is 13.4. The summed E-state index contributed by atoms with van der Waals surface area (Å²) >= 11 is 1.02. The van der Waals surface area contributed by atoms with E-state index >= 15 is 0 Å². The summed E-state index contributed by atoms with van der Waals surface area (Å²) in [5.41, 5.74) is -2.36. The van der Waals surface area contributed by atoms with Gasteiger partial charge >= 0.3 is 6.18 Å². The number of hydrogen-bond acceptors (Lipinski definition) is 6. The van der Waals surface area contributed by atoms with Gasteiger partial charge in [0.2, 0.25) is 0 Å². The van der Waals surface area contributed by atoms with Crippen LogP contribution >= 0.6 is 11.8 Å². The summed E-state index contributed by atoms with van der Waals surface area (Å²) in [6.07, 6.45) is 1.48. The topological polar surface area (TPSA) is 87.5 Å². The molecule has 1 aromatic rings. The van der Waals surface area contributed by atoms with Gasteiger partial charge in [-0.15, -0.1) is 0 Å². The molecule has 5 rings (SSSR count). The molecular weight excluding hydrogens is 491 g/mol. The highest BCUT2D eigenvalue weighted by Gasteiger charge is 2.68. The predicted molar refractivity (Wildman–Crippen MR) is 128 cm³/mol. The zero-order valence-electron chi connectivity index (χ0n) is 20.5. The Hall–Kier alpha value is -1.71. The van der Waals surface area contributed by atoms with E-state index < -0.39 is 28.9 Å². The quantitative estimate of drug-likeness (QED) is 0.541. The second-order valence-corrected chi connectivity index (χ2v) is 12.6. The van der Waals surface area contributed by atoms with Crippen molar-refractivity contribution in [3.8, 4) is 0 Å². The SMILES string of the molecule is CC12CCC(=O)C=C1CCC1C2[C@@H](O)CC2(C)C1CC[C@]2(O)C(=O)CSc1ccc(C(F)(F)F)cn1. The van der Waals surface area contributed by atoms with Crippen LogP contribution in [0, 0.1) is 28.6 Å². The van der Waals surface area contributed by atoms with Crippen LogP contribution in [-0.2, 0) is 15.8 Å². The molecule has 0 radical (unpaired) electrons. The van der Waals surface area contributed by atoms with Gasteiger partial charge in [-0.3, -0.25) is 9.59 Å². The van der Waals surface area contributed by atoms with Crippen LogP contribution in [0.25, 0.3) is 0 Å². The van der Waals surface area contributed by atoms with E-state index in [9.17, 15) is 33.0 Å². The molecule has 3 saturated carbocycles. The molecule has 0 aliphatic heterocycles. The Kier molecular flexibility index (Phi) is 6.24. The highest BCUT2D eigenvalue weighted by molar-refractivity contribution is 7.99. The fourth-order valence-electron chi connectivity index (χ4n) is 8.04. The first-order chi connectivity index (χ1) is 16.8. The summed E-state index contributed by atoms with van der Waals surface area (Å²) in [6, 6.07) is 2.17. The van der Waals surface area contributed by atoms with E-state index in [2.05, 4.69) is 11.9 Å². The van der Waals surface area contributed by atoms with E-state index in [1.54, 1.807) is 6.08 Å². The second-order valence-electron chi connectivity index (χ2n) is 11.6. The van der Waals surface area contributed by atoms with Crippen LogP contribution in [-0.4, -0.2) is 44.2 Å². The number of Topliss-reactive ketones (excluding diaryl/α,β-unsaturated/α-hetero) is 1. The van der Waals surface area contributed by atoms with E-state index in [4.69, 9.17) is 0 Å². The lowest BCUT2D eigenvalue weighted by atomic mass is 9.45. The number of allylic oxidation sites excluding steroid dienone is 1. The maximum atomic E-state index is 13.4. The van der Waals surface area contributed by atoms with Crippen LogP contribution in [0.1, 0.15) is 64.4 Å². The summed E-state index contributed by atoms with van der Waals surface area (Å²) in [5.74, 6) is -0.0987. The van der Waals surface area contributed by atoms with Crippen LogP contribution < -0.4 is 0 Å². The van der Waals surface area contributed by atoms with E-state index in [0.717, 1.165) is 48.9 Å². The van der Waals surface area contributed by atoms with Gasteiger partial charge in [0.25, 0.3) is 0 Å². The Bertz CT molecular complexity index is 1110. The number of aliphatic hydroxyl groups excluding tert-OH is 1. The number of halogens is 3. The first kappa shape index (κ1) is 25.9. The number of rotatable bonds is 4. The Morgan fingerprint density at radius 3 is 2.61 bits per heavy atom. The van der Waals surface area contributed by atoms with Crippen LogP contribution in [0.3, 0.4) is 0 Å². The Balaban J connectivity index is 1.34. The number of fused-ring (bicyclic) bond motifs is 5. The van der Waals surface area contributed by atoms with E-state index in [0.29, 0.717) is 25.7 Å². The monoisotopic (exact) mass is 523 g/mol. The minimum Gasteiger partial charge on any atom is -0.393 e.